The fourth-order valence-electron chi connectivity index (χ4n) is 1.96. The number of hydrogen-bond donors (Lipinski definition) is 0. The van der Waals surface area contributed by atoms with Crippen LogP contribution in [0.4, 0.5) is 0 Å². The minimum atomic E-state index is 0.182. The van der Waals surface area contributed by atoms with E-state index in [1.54, 1.807) is 7.11 Å². The second-order valence-corrected chi connectivity index (χ2v) is 7.90. The number of rotatable bonds is 3. The first kappa shape index (κ1) is 15.6. The molecule has 0 radical (unpaired) electrons. The zero-order valence-corrected chi connectivity index (χ0v) is 14.3. The van der Waals surface area contributed by atoms with Crippen molar-refractivity contribution in [2.45, 2.75) is 27.2 Å². The number of nitrogens with zero attached hydrogens (tertiary/aromatic N) is 1. The molecule has 0 saturated heterocycles. The predicted molar refractivity (Wildman–Crippen MR) is 87.3 cm³/mol. The highest BCUT2D eigenvalue weighted by atomic mass is 35.5. The summed E-state index contributed by atoms with van der Waals surface area (Å²) in [6, 6.07) is 5.67. The van der Waals surface area contributed by atoms with E-state index in [-0.39, 0.29) is 5.41 Å². The van der Waals surface area contributed by atoms with Crippen molar-refractivity contribution in [2.75, 3.05) is 7.11 Å². The third-order valence-electron chi connectivity index (χ3n) is 2.79. The van der Waals surface area contributed by atoms with Gasteiger partial charge in [0.25, 0.3) is 0 Å². The first-order valence-corrected chi connectivity index (χ1v) is 7.86. The van der Waals surface area contributed by atoms with E-state index < -0.39 is 0 Å². The number of thiazole rings is 1. The highest BCUT2D eigenvalue weighted by molar-refractivity contribution is 7.16. The van der Waals surface area contributed by atoms with Crippen LogP contribution < -0.4 is 4.74 Å². The average molecular weight is 330 g/mol. The Morgan fingerprint density at radius 3 is 2.55 bits per heavy atom. The van der Waals surface area contributed by atoms with Crippen LogP contribution in [-0.2, 0) is 6.42 Å². The van der Waals surface area contributed by atoms with Gasteiger partial charge in [0, 0.05) is 10.4 Å². The molecule has 108 valence electrons. The molecule has 1 aromatic carbocycles. The van der Waals surface area contributed by atoms with E-state index >= 15 is 0 Å². The number of methoxy groups -OCH3 is 1. The minimum absolute atomic E-state index is 0.182. The Bertz CT molecular complexity index is 617. The molecule has 0 unspecified atom stereocenters. The third-order valence-corrected chi connectivity index (χ3v) is 4.26. The van der Waals surface area contributed by atoms with Crippen molar-refractivity contribution in [2.24, 2.45) is 5.41 Å². The second kappa shape index (κ2) is 5.92. The molecule has 0 aliphatic heterocycles. The molecular formula is C15H17Cl2NOS. The summed E-state index contributed by atoms with van der Waals surface area (Å²) >= 11 is 13.7. The maximum atomic E-state index is 6.10. The van der Waals surface area contributed by atoms with Crippen LogP contribution in [0.2, 0.25) is 9.49 Å². The Balaban J connectivity index is 2.47. The van der Waals surface area contributed by atoms with Crippen molar-refractivity contribution in [3.05, 3.63) is 32.6 Å². The fourth-order valence-corrected chi connectivity index (χ4v) is 3.62. The van der Waals surface area contributed by atoms with Crippen molar-refractivity contribution in [1.29, 1.82) is 0 Å². The summed E-state index contributed by atoms with van der Waals surface area (Å²) in [5, 5.41) is 0.593. The third kappa shape index (κ3) is 3.66. The van der Waals surface area contributed by atoms with E-state index in [0.29, 0.717) is 15.2 Å². The molecule has 0 amide bonds. The van der Waals surface area contributed by atoms with Gasteiger partial charge in [0.2, 0.25) is 0 Å². The molecule has 2 aromatic rings. The highest BCUT2D eigenvalue weighted by Gasteiger charge is 2.19. The molecule has 2 rings (SSSR count). The van der Waals surface area contributed by atoms with Gasteiger partial charge in [-0.15, -0.1) is 11.3 Å². The minimum Gasteiger partial charge on any atom is -0.495 e. The van der Waals surface area contributed by atoms with Crippen LogP contribution in [0, 0.1) is 5.41 Å². The van der Waals surface area contributed by atoms with Crippen LogP contribution in [0.25, 0.3) is 11.3 Å². The molecule has 0 bridgehead atoms. The summed E-state index contributed by atoms with van der Waals surface area (Å²) in [7, 11) is 1.61. The van der Waals surface area contributed by atoms with Gasteiger partial charge in [-0.3, -0.25) is 0 Å². The maximum Gasteiger partial charge on any atom is 0.184 e. The van der Waals surface area contributed by atoms with E-state index in [0.717, 1.165) is 17.7 Å². The molecule has 5 heteroatoms. The molecule has 0 fully saturated rings. The molecule has 0 aliphatic rings. The highest BCUT2D eigenvalue weighted by Crippen LogP contribution is 2.37. The predicted octanol–water partition coefficient (Wildman–Crippen LogP) is 5.71. The van der Waals surface area contributed by atoms with Crippen LogP contribution in [0.15, 0.2) is 18.2 Å². The summed E-state index contributed by atoms with van der Waals surface area (Å²) in [6.07, 6.45) is 0.928. The summed E-state index contributed by atoms with van der Waals surface area (Å²) in [4.78, 5) is 5.64. The molecule has 0 N–H and O–H groups in total. The molecular weight excluding hydrogens is 313 g/mol. The molecule has 20 heavy (non-hydrogen) atoms. The lowest BCUT2D eigenvalue weighted by molar-refractivity contribution is 0.414. The lowest BCUT2D eigenvalue weighted by Crippen LogP contribution is -2.08. The smallest absolute Gasteiger partial charge is 0.184 e. The molecule has 2 nitrogen and oxygen atoms in total. The lowest BCUT2D eigenvalue weighted by Gasteiger charge is -2.17. The first-order chi connectivity index (χ1) is 9.30. The zero-order chi connectivity index (χ0) is 14.9. The zero-order valence-electron chi connectivity index (χ0n) is 12.0. The number of ether oxygens (including phenoxy) is 1. The lowest BCUT2D eigenvalue weighted by atomic mass is 9.90. The molecule has 1 heterocycles. The van der Waals surface area contributed by atoms with E-state index in [1.807, 2.05) is 18.2 Å². The largest absolute Gasteiger partial charge is 0.495 e. The van der Waals surface area contributed by atoms with Gasteiger partial charge in [0.15, 0.2) is 4.47 Å². The molecule has 0 spiro atoms. The van der Waals surface area contributed by atoms with Crippen molar-refractivity contribution in [3.63, 3.8) is 0 Å². The Morgan fingerprint density at radius 2 is 1.95 bits per heavy atom. The maximum absolute atomic E-state index is 6.10. The molecule has 0 aliphatic carbocycles. The SMILES string of the molecule is COc1cc(-c2nc(Cl)sc2CC(C)(C)C)ccc1Cl. The van der Waals surface area contributed by atoms with Crippen LogP contribution in [0.5, 0.6) is 5.75 Å². The van der Waals surface area contributed by atoms with E-state index in [4.69, 9.17) is 27.9 Å². The second-order valence-electron chi connectivity index (χ2n) is 5.83. The Morgan fingerprint density at radius 1 is 1.25 bits per heavy atom. The van der Waals surface area contributed by atoms with Gasteiger partial charge in [-0.1, -0.05) is 50.0 Å². The number of hydrogen-bond acceptors (Lipinski definition) is 3. The Labute approximate surface area is 133 Å². The van der Waals surface area contributed by atoms with Crippen molar-refractivity contribution in [1.82, 2.24) is 4.98 Å². The topological polar surface area (TPSA) is 22.1 Å². The average Bonchev–Trinajstić information content (AvgIpc) is 2.68. The van der Waals surface area contributed by atoms with Crippen LogP contribution in [-0.4, -0.2) is 12.1 Å². The van der Waals surface area contributed by atoms with Gasteiger partial charge < -0.3 is 4.74 Å². The first-order valence-electron chi connectivity index (χ1n) is 6.29. The van der Waals surface area contributed by atoms with Gasteiger partial charge in [-0.2, -0.15) is 0 Å². The van der Waals surface area contributed by atoms with Crippen molar-refractivity contribution in [3.8, 4) is 17.0 Å². The summed E-state index contributed by atoms with van der Waals surface area (Å²) in [5.41, 5.74) is 2.08. The van der Waals surface area contributed by atoms with Gasteiger partial charge in [-0.25, -0.2) is 4.98 Å². The molecule has 1 aromatic heterocycles. The number of benzene rings is 1. The van der Waals surface area contributed by atoms with Crippen LogP contribution in [0.1, 0.15) is 25.6 Å². The fraction of sp³-hybridized carbons (Fsp3) is 0.400. The molecule has 0 atom stereocenters. The van der Waals surface area contributed by atoms with E-state index in [2.05, 4.69) is 25.8 Å². The Hall–Kier alpha value is -0.770. The van der Waals surface area contributed by atoms with E-state index in [9.17, 15) is 0 Å². The normalized spacial score (nSPS) is 11.7. The van der Waals surface area contributed by atoms with E-state index in [1.165, 1.54) is 16.2 Å². The summed E-state index contributed by atoms with van der Waals surface area (Å²) < 4.78 is 5.83. The summed E-state index contributed by atoms with van der Waals surface area (Å²) in [6.45, 7) is 6.60. The monoisotopic (exact) mass is 329 g/mol. The van der Waals surface area contributed by atoms with Gasteiger partial charge in [0.1, 0.15) is 5.75 Å². The van der Waals surface area contributed by atoms with Crippen LogP contribution in [0.3, 0.4) is 0 Å². The van der Waals surface area contributed by atoms with Gasteiger partial charge in [0.05, 0.1) is 17.8 Å². The van der Waals surface area contributed by atoms with Crippen LogP contribution >= 0.6 is 34.5 Å². The van der Waals surface area contributed by atoms with Crippen molar-refractivity contribution >= 4 is 34.5 Å². The van der Waals surface area contributed by atoms with Gasteiger partial charge in [-0.05, 0) is 24.0 Å². The standard InChI is InChI=1S/C15H17Cl2NOS/c1-15(2,3)8-12-13(18-14(17)20-12)9-5-6-10(16)11(7-9)19-4/h5-7H,8H2,1-4H3. The Kier molecular flexibility index (Phi) is 4.62. The van der Waals surface area contributed by atoms with Crippen molar-refractivity contribution < 1.29 is 4.74 Å². The number of aromatic nitrogens is 1. The number of halogens is 2. The quantitative estimate of drug-likeness (QED) is 0.719. The molecule has 0 saturated carbocycles. The van der Waals surface area contributed by atoms with Gasteiger partial charge >= 0.3 is 0 Å². The summed E-state index contributed by atoms with van der Waals surface area (Å²) in [5.74, 6) is 0.648.